The van der Waals surface area contributed by atoms with Gasteiger partial charge in [-0.05, 0) is 39.3 Å². The maximum Gasteiger partial charge on any atom is 0.0394 e. The summed E-state index contributed by atoms with van der Waals surface area (Å²) in [6.07, 6.45) is 3.13. The van der Waals surface area contributed by atoms with Gasteiger partial charge in [-0.15, -0.1) is 0 Å². The Morgan fingerprint density at radius 2 is 2.60 bits per heavy atom. The third-order valence-electron chi connectivity index (χ3n) is 2.63. The molecule has 0 saturated carbocycles. The van der Waals surface area contributed by atoms with Gasteiger partial charge in [-0.25, -0.2) is 0 Å². The van der Waals surface area contributed by atoms with Gasteiger partial charge in [-0.1, -0.05) is 0 Å². The second-order valence-corrected chi connectivity index (χ2v) is 3.25. The summed E-state index contributed by atoms with van der Waals surface area (Å²) in [6, 6.07) is 0.676. The third-order valence-corrected chi connectivity index (χ3v) is 2.63. The second-order valence-electron chi connectivity index (χ2n) is 3.25. The standard InChI is InChI=1S/C8H16N2/c1-10-6-2-3-7-8(10)4-5-9-7/h7-9H,2-6H2,1H3/i1D3. The summed E-state index contributed by atoms with van der Waals surface area (Å²) in [5.41, 5.74) is 0. The fourth-order valence-electron chi connectivity index (χ4n) is 2.07. The summed E-state index contributed by atoms with van der Waals surface area (Å²) < 4.78 is 22.2. The Balaban J connectivity index is 2.10. The van der Waals surface area contributed by atoms with E-state index in [0.29, 0.717) is 6.04 Å². The van der Waals surface area contributed by atoms with Crippen molar-refractivity contribution in [3.63, 3.8) is 0 Å². The first kappa shape index (κ1) is 4.07. The quantitative estimate of drug-likeness (QED) is 0.529. The molecule has 2 aliphatic rings. The minimum atomic E-state index is -1.89. The van der Waals surface area contributed by atoms with Crippen molar-refractivity contribution in [3.8, 4) is 0 Å². The van der Waals surface area contributed by atoms with Gasteiger partial charge >= 0.3 is 0 Å². The maximum atomic E-state index is 7.41. The van der Waals surface area contributed by atoms with Crippen LogP contribution in [0.3, 0.4) is 0 Å². The van der Waals surface area contributed by atoms with Crippen molar-refractivity contribution < 1.29 is 4.11 Å². The van der Waals surface area contributed by atoms with E-state index >= 15 is 0 Å². The highest BCUT2D eigenvalue weighted by Crippen LogP contribution is 2.22. The van der Waals surface area contributed by atoms with Gasteiger partial charge < -0.3 is 10.2 Å². The minimum Gasteiger partial charge on any atom is -0.312 e. The molecule has 2 unspecified atom stereocenters. The van der Waals surface area contributed by atoms with Crippen molar-refractivity contribution in [2.45, 2.75) is 31.3 Å². The van der Waals surface area contributed by atoms with E-state index in [1.165, 1.54) is 0 Å². The number of hydrogen-bond donors (Lipinski definition) is 1. The summed E-state index contributed by atoms with van der Waals surface area (Å²) in [6.45, 7) is -0.184. The minimum absolute atomic E-state index is 0.251. The van der Waals surface area contributed by atoms with Crippen LogP contribution in [0.2, 0.25) is 0 Å². The lowest BCUT2D eigenvalue weighted by Gasteiger charge is -2.34. The third kappa shape index (κ3) is 0.956. The van der Waals surface area contributed by atoms with E-state index in [4.69, 9.17) is 4.11 Å². The van der Waals surface area contributed by atoms with Crippen LogP contribution in [0.15, 0.2) is 0 Å². The normalized spacial score (nSPS) is 47.4. The number of hydrogen-bond acceptors (Lipinski definition) is 2. The van der Waals surface area contributed by atoms with Gasteiger partial charge in [-0.2, -0.15) is 0 Å². The first-order chi connectivity index (χ1) is 6.09. The van der Waals surface area contributed by atoms with Crippen molar-refractivity contribution in [3.05, 3.63) is 0 Å². The smallest absolute Gasteiger partial charge is 0.0394 e. The fourth-order valence-corrected chi connectivity index (χ4v) is 2.07. The maximum absolute atomic E-state index is 7.41. The second kappa shape index (κ2) is 2.51. The van der Waals surface area contributed by atoms with Gasteiger partial charge in [0.2, 0.25) is 0 Å². The molecular weight excluding hydrogens is 124 g/mol. The monoisotopic (exact) mass is 143 g/mol. The Morgan fingerprint density at radius 3 is 3.50 bits per heavy atom. The van der Waals surface area contributed by atoms with Crippen molar-refractivity contribution >= 4 is 0 Å². The molecule has 0 amide bonds. The summed E-state index contributed by atoms with van der Waals surface area (Å²) in [4.78, 5) is 1.70. The number of fused-ring (bicyclic) bond motifs is 1. The topological polar surface area (TPSA) is 15.3 Å². The molecule has 2 saturated heterocycles. The molecule has 10 heavy (non-hydrogen) atoms. The molecule has 2 nitrogen and oxygen atoms in total. The van der Waals surface area contributed by atoms with E-state index in [1.807, 2.05) is 0 Å². The molecule has 2 heteroatoms. The predicted octanol–water partition coefficient (Wildman–Crippen LogP) is 0.443. The van der Waals surface area contributed by atoms with Gasteiger partial charge in [0.1, 0.15) is 0 Å². The lowest BCUT2D eigenvalue weighted by atomic mass is 9.98. The largest absolute Gasteiger partial charge is 0.312 e. The van der Waals surface area contributed by atoms with Crippen molar-refractivity contribution in [1.29, 1.82) is 0 Å². The molecule has 2 atom stereocenters. The zero-order valence-corrected chi connectivity index (χ0v) is 6.14. The predicted molar refractivity (Wildman–Crippen MR) is 42.1 cm³/mol. The summed E-state index contributed by atoms with van der Waals surface area (Å²) in [5, 5.41) is 3.37. The summed E-state index contributed by atoms with van der Waals surface area (Å²) in [7, 11) is 0. The van der Waals surface area contributed by atoms with E-state index in [-0.39, 0.29) is 6.04 Å². The molecule has 0 spiro atoms. The summed E-state index contributed by atoms with van der Waals surface area (Å²) in [5.74, 6) is 0. The first-order valence-electron chi connectivity index (χ1n) is 5.59. The molecule has 0 aromatic rings. The first-order valence-corrected chi connectivity index (χ1v) is 4.09. The Bertz CT molecular complexity index is 192. The zero-order chi connectivity index (χ0) is 9.47. The van der Waals surface area contributed by atoms with Crippen LogP contribution in [0, 0.1) is 0 Å². The van der Waals surface area contributed by atoms with Gasteiger partial charge in [0.15, 0.2) is 0 Å². The van der Waals surface area contributed by atoms with Gasteiger partial charge in [-0.3, -0.25) is 0 Å². The van der Waals surface area contributed by atoms with E-state index in [0.717, 1.165) is 32.4 Å². The van der Waals surface area contributed by atoms with E-state index < -0.39 is 6.98 Å². The Labute approximate surface area is 66.8 Å². The Morgan fingerprint density at radius 1 is 1.60 bits per heavy atom. The SMILES string of the molecule is [2H]C([2H])([2H])N1CCCC2NCCC21. The molecule has 2 heterocycles. The average Bonchev–Trinajstić information content (AvgIpc) is 2.48. The van der Waals surface area contributed by atoms with E-state index in [1.54, 1.807) is 4.90 Å². The molecule has 0 aliphatic carbocycles. The molecule has 58 valence electrons. The molecule has 0 aromatic heterocycles. The average molecular weight is 143 g/mol. The lowest BCUT2D eigenvalue weighted by molar-refractivity contribution is 0.173. The Kier molecular flexibility index (Phi) is 1.02. The van der Waals surface area contributed by atoms with Crippen molar-refractivity contribution in [1.82, 2.24) is 10.2 Å². The summed E-state index contributed by atoms with van der Waals surface area (Å²) >= 11 is 0. The molecule has 0 aromatic carbocycles. The molecule has 0 bridgehead atoms. The number of likely N-dealkylation sites (tertiary alicyclic amines) is 1. The number of nitrogens with zero attached hydrogens (tertiary/aromatic N) is 1. The van der Waals surface area contributed by atoms with E-state index in [9.17, 15) is 0 Å². The Hall–Kier alpha value is -0.0800. The van der Waals surface area contributed by atoms with Crippen LogP contribution >= 0.6 is 0 Å². The molecular formula is C8H16N2. The fraction of sp³-hybridized carbons (Fsp3) is 1.00. The number of rotatable bonds is 0. The molecule has 2 aliphatic heterocycles. The molecule has 0 radical (unpaired) electrons. The van der Waals surface area contributed by atoms with Gasteiger partial charge in [0.05, 0.1) is 0 Å². The van der Waals surface area contributed by atoms with Crippen molar-refractivity contribution in [2.75, 3.05) is 20.1 Å². The van der Waals surface area contributed by atoms with E-state index in [2.05, 4.69) is 5.32 Å². The highest BCUT2D eigenvalue weighted by atomic mass is 15.2. The van der Waals surface area contributed by atoms with Gasteiger partial charge in [0, 0.05) is 16.2 Å². The number of piperidine rings is 1. The molecule has 2 fully saturated rings. The van der Waals surface area contributed by atoms with Crippen molar-refractivity contribution in [2.24, 2.45) is 0 Å². The van der Waals surface area contributed by atoms with Crippen LogP contribution in [0.5, 0.6) is 0 Å². The molecule has 2 rings (SSSR count). The van der Waals surface area contributed by atoms with Crippen LogP contribution in [0.25, 0.3) is 0 Å². The highest BCUT2D eigenvalue weighted by molar-refractivity contribution is 4.92. The van der Waals surface area contributed by atoms with Gasteiger partial charge in [0.25, 0.3) is 0 Å². The lowest BCUT2D eigenvalue weighted by Crippen LogP contribution is -2.46. The zero-order valence-electron chi connectivity index (χ0n) is 9.14. The van der Waals surface area contributed by atoms with Crippen LogP contribution in [0.1, 0.15) is 23.4 Å². The van der Waals surface area contributed by atoms with Crippen LogP contribution < -0.4 is 5.32 Å². The number of likely N-dealkylation sites (N-methyl/N-ethyl adjacent to an activating group) is 1. The van der Waals surface area contributed by atoms with Crippen LogP contribution in [-0.4, -0.2) is 37.0 Å². The number of nitrogens with one attached hydrogen (secondary N) is 1. The van der Waals surface area contributed by atoms with Crippen LogP contribution in [0.4, 0.5) is 0 Å². The molecule has 1 N–H and O–H groups in total. The highest BCUT2D eigenvalue weighted by Gasteiger charge is 2.32. The van der Waals surface area contributed by atoms with Crippen LogP contribution in [-0.2, 0) is 0 Å².